The first kappa shape index (κ1) is 10.7. The van der Waals surface area contributed by atoms with Gasteiger partial charge >= 0.3 is 18.9 Å². The molecule has 0 aromatic carbocycles. The Hall–Kier alpha value is -0.263. The maximum absolute atomic E-state index is 9.83. The van der Waals surface area contributed by atoms with E-state index in [4.69, 9.17) is 0 Å². The van der Waals surface area contributed by atoms with Crippen LogP contribution in [0.1, 0.15) is 13.3 Å². The topological polar surface area (TPSA) is 57.2 Å². The molecule has 0 aliphatic carbocycles. The quantitative estimate of drug-likeness (QED) is 0.266. The molecular formula is C4H5LiO3. The van der Waals surface area contributed by atoms with E-state index in [1.54, 1.807) is 0 Å². The van der Waals surface area contributed by atoms with Crippen molar-refractivity contribution in [2.24, 2.45) is 0 Å². The van der Waals surface area contributed by atoms with E-state index in [2.05, 4.69) is 0 Å². The standard InChI is InChI=1S/C4H6O3.Li/c1-3(5)2-4(6)7;/h2H2,1H3,(H,6,7);/q;+1/p-1. The van der Waals surface area contributed by atoms with Crippen molar-refractivity contribution < 1.29 is 33.6 Å². The van der Waals surface area contributed by atoms with Crippen LogP contribution in [0.3, 0.4) is 0 Å². The summed E-state index contributed by atoms with van der Waals surface area (Å²) in [4.78, 5) is 19.3. The molecule has 0 saturated heterocycles. The number of hydrogen-bond donors (Lipinski definition) is 0. The molecule has 0 saturated carbocycles. The van der Waals surface area contributed by atoms with Crippen LogP contribution in [0.25, 0.3) is 0 Å². The number of rotatable bonds is 2. The van der Waals surface area contributed by atoms with Gasteiger partial charge in [0.1, 0.15) is 5.78 Å². The summed E-state index contributed by atoms with van der Waals surface area (Å²) in [6.45, 7) is 1.20. The predicted molar refractivity (Wildman–Crippen MR) is 20.3 cm³/mol. The number of carbonyl (C=O) groups is 2. The van der Waals surface area contributed by atoms with E-state index in [1.807, 2.05) is 0 Å². The van der Waals surface area contributed by atoms with Crippen molar-refractivity contribution in [1.29, 1.82) is 0 Å². The molecule has 0 rings (SSSR count). The van der Waals surface area contributed by atoms with Crippen molar-refractivity contribution in [2.45, 2.75) is 13.3 Å². The van der Waals surface area contributed by atoms with E-state index in [9.17, 15) is 14.7 Å². The summed E-state index contributed by atoms with van der Waals surface area (Å²) in [7, 11) is 0. The summed E-state index contributed by atoms with van der Waals surface area (Å²) in [6.07, 6.45) is -0.472. The average Bonchev–Trinajstić information content (AvgIpc) is 1.27. The van der Waals surface area contributed by atoms with Crippen LogP contribution < -0.4 is 24.0 Å². The van der Waals surface area contributed by atoms with Gasteiger partial charge in [-0.1, -0.05) is 0 Å². The third-order valence-corrected chi connectivity index (χ3v) is 0.393. The zero-order valence-electron chi connectivity index (χ0n) is 4.93. The van der Waals surface area contributed by atoms with Gasteiger partial charge in [0, 0.05) is 12.4 Å². The number of Topliss-reactive ketones (excluding diaryl/α,β-unsaturated/α-hetero) is 1. The van der Waals surface area contributed by atoms with Crippen LogP contribution in [0.4, 0.5) is 0 Å². The Morgan fingerprint density at radius 1 is 1.50 bits per heavy atom. The Kier molecular flexibility index (Phi) is 6.52. The van der Waals surface area contributed by atoms with Crippen molar-refractivity contribution in [3.05, 3.63) is 0 Å². The minimum absolute atomic E-state index is 0. The molecule has 0 fully saturated rings. The van der Waals surface area contributed by atoms with Gasteiger partial charge in [0.25, 0.3) is 0 Å². The molecule has 0 amide bonds. The second-order valence-corrected chi connectivity index (χ2v) is 1.25. The molecule has 0 bridgehead atoms. The summed E-state index contributed by atoms with van der Waals surface area (Å²) < 4.78 is 0. The average molecular weight is 108 g/mol. The van der Waals surface area contributed by atoms with Crippen LogP contribution >= 0.6 is 0 Å². The Morgan fingerprint density at radius 2 is 1.88 bits per heavy atom. The van der Waals surface area contributed by atoms with Crippen LogP contribution in [-0.4, -0.2) is 11.8 Å². The molecule has 0 aliphatic heterocycles. The molecule has 0 spiro atoms. The summed E-state index contributed by atoms with van der Waals surface area (Å²) in [5, 5.41) is 9.48. The Morgan fingerprint density at radius 3 is 1.88 bits per heavy atom. The van der Waals surface area contributed by atoms with E-state index in [0.29, 0.717) is 0 Å². The predicted octanol–water partition coefficient (Wildman–Crippen LogP) is -4.28. The van der Waals surface area contributed by atoms with E-state index >= 15 is 0 Å². The molecular weight excluding hydrogens is 103 g/mol. The van der Waals surface area contributed by atoms with E-state index in [0.717, 1.165) is 0 Å². The summed E-state index contributed by atoms with van der Waals surface area (Å²) in [5.74, 6) is -1.69. The summed E-state index contributed by atoms with van der Waals surface area (Å²) >= 11 is 0. The first-order chi connectivity index (χ1) is 3.13. The van der Waals surface area contributed by atoms with E-state index in [-0.39, 0.29) is 24.6 Å². The summed E-state index contributed by atoms with van der Waals surface area (Å²) in [5.41, 5.74) is 0. The van der Waals surface area contributed by atoms with Gasteiger partial charge in [-0.25, -0.2) is 0 Å². The van der Waals surface area contributed by atoms with Crippen molar-refractivity contribution in [1.82, 2.24) is 0 Å². The minimum Gasteiger partial charge on any atom is -0.550 e. The second-order valence-electron chi connectivity index (χ2n) is 1.25. The molecule has 0 aromatic rings. The maximum Gasteiger partial charge on any atom is 1.00 e. The van der Waals surface area contributed by atoms with Crippen molar-refractivity contribution in [2.75, 3.05) is 0 Å². The first-order valence-corrected chi connectivity index (χ1v) is 1.82. The molecule has 0 radical (unpaired) electrons. The van der Waals surface area contributed by atoms with Crippen LogP contribution in [0.2, 0.25) is 0 Å². The number of carboxylic acids is 1. The van der Waals surface area contributed by atoms with Gasteiger partial charge in [-0.3, -0.25) is 4.79 Å². The van der Waals surface area contributed by atoms with Gasteiger partial charge < -0.3 is 9.90 Å². The molecule has 0 unspecified atom stereocenters. The van der Waals surface area contributed by atoms with Gasteiger partial charge in [-0.15, -0.1) is 0 Å². The van der Waals surface area contributed by atoms with E-state index < -0.39 is 12.4 Å². The SMILES string of the molecule is CC(=O)CC(=O)[O-].[Li+]. The monoisotopic (exact) mass is 108 g/mol. The molecule has 0 aromatic heterocycles. The van der Waals surface area contributed by atoms with Crippen molar-refractivity contribution in [3.63, 3.8) is 0 Å². The fraction of sp³-hybridized carbons (Fsp3) is 0.500. The fourth-order valence-corrected chi connectivity index (χ4v) is 0.203. The van der Waals surface area contributed by atoms with Crippen molar-refractivity contribution in [3.8, 4) is 0 Å². The molecule has 0 heterocycles. The minimum atomic E-state index is -1.31. The number of aliphatic carboxylic acids is 1. The zero-order chi connectivity index (χ0) is 5.86. The van der Waals surface area contributed by atoms with Gasteiger partial charge in [0.2, 0.25) is 0 Å². The second kappa shape index (κ2) is 4.89. The molecule has 0 aliphatic rings. The van der Waals surface area contributed by atoms with Crippen molar-refractivity contribution >= 4 is 11.8 Å². The Bertz CT molecular complexity index is 87.5. The van der Waals surface area contributed by atoms with Crippen LogP contribution in [0.15, 0.2) is 0 Å². The van der Waals surface area contributed by atoms with Gasteiger partial charge in [-0.2, -0.15) is 0 Å². The molecule has 0 N–H and O–H groups in total. The number of ketones is 1. The number of hydrogen-bond acceptors (Lipinski definition) is 3. The first-order valence-electron chi connectivity index (χ1n) is 1.82. The molecule has 8 heavy (non-hydrogen) atoms. The third kappa shape index (κ3) is 9.22. The fourth-order valence-electron chi connectivity index (χ4n) is 0.203. The van der Waals surface area contributed by atoms with Gasteiger partial charge in [0.05, 0.1) is 0 Å². The van der Waals surface area contributed by atoms with E-state index in [1.165, 1.54) is 6.92 Å². The normalized spacial score (nSPS) is 7.12. The summed E-state index contributed by atoms with van der Waals surface area (Å²) in [6, 6.07) is 0. The maximum atomic E-state index is 9.83. The molecule has 4 heteroatoms. The largest absolute Gasteiger partial charge is 1.00 e. The van der Waals surface area contributed by atoms with Crippen LogP contribution in [-0.2, 0) is 9.59 Å². The van der Waals surface area contributed by atoms with Crippen LogP contribution in [0, 0.1) is 0 Å². The zero-order valence-corrected chi connectivity index (χ0v) is 4.93. The number of carbonyl (C=O) groups excluding carboxylic acids is 2. The molecule has 3 nitrogen and oxygen atoms in total. The Balaban J connectivity index is 0. The molecule has 40 valence electrons. The smallest absolute Gasteiger partial charge is 0.550 e. The van der Waals surface area contributed by atoms with Gasteiger partial charge in [-0.05, 0) is 6.92 Å². The molecule has 0 atom stereocenters. The number of carboxylic acid groups (broad SMARTS) is 1. The third-order valence-electron chi connectivity index (χ3n) is 0.393. The van der Waals surface area contributed by atoms with Gasteiger partial charge in [0.15, 0.2) is 0 Å². The van der Waals surface area contributed by atoms with Crippen LogP contribution in [0.5, 0.6) is 0 Å². The Labute approximate surface area is 59.2 Å².